The Morgan fingerprint density at radius 1 is 1.24 bits per heavy atom. The summed E-state index contributed by atoms with van der Waals surface area (Å²) >= 11 is 0. The summed E-state index contributed by atoms with van der Waals surface area (Å²) in [5.41, 5.74) is 8.31. The minimum absolute atomic E-state index is 0.107. The van der Waals surface area contributed by atoms with Crippen LogP contribution in [0.5, 0.6) is 0 Å². The second kappa shape index (κ2) is 9.46. The molecule has 0 bridgehead atoms. The van der Waals surface area contributed by atoms with Crippen molar-refractivity contribution in [1.82, 2.24) is 4.90 Å². The second-order valence-corrected chi connectivity index (χ2v) is 9.79. The molecule has 0 aromatic heterocycles. The van der Waals surface area contributed by atoms with E-state index in [2.05, 4.69) is 105 Å². The number of allylic oxidation sites excluding steroid dienone is 1. The van der Waals surface area contributed by atoms with Crippen LogP contribution in [-0.2, 0) is 6.42 Å². The Bertz CT molecular complexity index is 1070. The maximum atomic E-state index is 4.66. The van der Waals surface area contributed by atoms with Crippen molar-refractivity contribution in [2.45, 2.75) is 47.1 Å². The number of nitrogens with zero attached hydrogens (tertiary/aromatic N) is 2. The molecule has 1 aliphatic carbocycles. The molecule has 2 aromatic rings. The van der Waals surface area contributed by atoms with Gasteiger partial charge in [-0.3, -0.25) is 0 Å². The lowest BCUT2D eigenvalue weighted by molar-refractivity contribution is 0.427. The van der Waals surface area contributed by atoms with Crippen LogP contribution >= 0.6 is 0 Å². The molecule has 4 heteroatoms. The molecule has 1 aliphatic heterocycles. The van der Waals surface area contributed by atoms with Crippen molar-refractivity contribution in [2.75, 3.05) is 23.7 Å². The fourth-order valence-electron chi connectivity index (χ4n) is 5.34. The van der Waals surface area contributed by atoms with Crippen LogP contribution in [0, 0.1) is 24.7 Å². The molecular formula is C29H38N4. The normalized spacial score (nSPS) is 22.5. The summed E-state index contributed by atoms with van der Waals surface area (Å²) in [6, 6.07) is 13.1. The predicted octanol–water partition coefficient (Wildman–Crippen LogP) is 6.87. The molecule has 0 radical (unpaired) electrons. The number of fused-ring (bicyclic) bond motifs is 1. The van der Waals surface area contributed by atoms with Gasteiger partial charge in [-0.05, 0) is 73.3 Å². The van der Waals surface area contributed by atoms with Crippen molar-refractivity contribution in [2.24, 2.45) is 22.7 Å². The van der Waals surface area contributed by atoms with E-state index < -0.39 is 0 Å². The third kappa shape index (κ3) is 4.71. The summed E-state index contributed by atoms with van der Waals surface area (Å²) in [4.78, 5) is 7.06. The number of piperidine rings is 1. The average molecular weight is 443 g/mol. The van der Waals surface area contributed by atoms with E-state index in [0.29, 0.717) is 0 Å². The van der Waals surface area contributed by atoms with Crippen molar-refractivity contribution >= 4 is 22.9 Å². The number of anilines is 2. The number of benzene rings is 2. The van der Waals surface area contributed by atoms with E-state index in [1.54, 1.807) is 6.20 Å². The van der Waals surface area contributed by atoms with E-state index >= 15 is 0 Å². The monoisotopic (exact) mass is 442 g/mol. The first kappa shape index (κ1) is 23.2. The quantitative estimate of drug-likeness (QED) is 0.363. The summed E-state index contributed by atoms with van der Waals surface area (Å²) in [6.45, 7) is 21.2. The van der Waals surface area contributed by atoms with Crippen LogP contribution in [0.2, 0.25) is 0 Å². The van der Waals surface area contributed by atoms with Gasteiger partial charge in [-0.2, -0.15) is 0 Å². The third-order valence-electron chi connectivity index (χ3n) is 7.37. The molecule has 2 N–H and O–H groups in total. The number of aliphatic imine (C=N–C) groups is 1. The topological polar surface area (TPSA) is 39.7 Å². The van der Waals surface area contributed by atoms with Gasteiger partial charge < -0.3 is 15.5 Å². The highest BCUT2D eigenvalue weighted by atomic mass is 15.3. The first-order chi connectivity index (χ1) is 15.8. The van der Waals surface area contributed by atoms with Crippen LogP contribution in [0.4, 0.5) is 11.4 Å². The molecule has 3 unspecified atom stereocenters. The minimum atomic E-state index is 0.107. The van der Waals surface area contributed by atoms with Gasteiger partial charge in [-0.15, -0.1) is 0 Å². The lowest BCUT2D eigenvalue weighted by atomic mass is 9.96. The van der Waals surface area contributed by atoms with E-state index in [4.69, 9.17) is 0 Å². The molecule has 3 atom stereocenters. The number of para-hydroxylation sites is 1. The zero-order valence-corrected chi connectivity index (χ0v) is 20.8. The van der Waals surface area contributed by atoms with E-state index in [1.165, 1.54) is 16.7 Å². The van der Waals surface area contributed by atoms with Gasteiger partial charge in [0, 0.05) is 30.7 Å². The van der Waals surface area contributed by atoms with Gasteiger partial charge in [-0.1, -0.05) is 62.9 Å². The smallest absolute Gasteiger partial charge is 0.203 e. The largest absolute Gasteiger partial charge is 0.378 e. The maximum absolute atomic E-state index is 4.66. The van der Waals surface area contributed by atoms with Crippen LogP contribution < -0.4 is 10.6 Å². The molecule has 0 spiro atoms. The van der Waals surface area contributed by atoms with Crippen molar-refractivity contribution in [3.63, 3.8) is 0 Å². The number of hydrogen-bond donors (Lipinski definition) is 2. The van der Waals surface area contributed by atoms with Crippen molar-refractivity contribution in [1.29, 1.82) is 0 Å². The van der Waals surface area contributed by atoms with Crippen LogP contribution in [0.15, 0.2) is 60.7 Å². The highest BCUT2D eigenvalue weighted by Gasteiger charge is 2.53. The highest BCUT2D eigenvalue weighted by molar-refractivity contribution is 5.96. The van der Waals surface area contributed by atoms with Crippen LogP contribution in [0.3, 0.4) is 0 Å². The number of guanidine groups is 1. The van der Waals surface area contributed by atoms with Crippen molar-refractivity contribution in [3.8, 4) is 0 Å². The molecule has 2 aromatic carbocycles. The maximum Gasteiger partial charge on any atom is 0.203 e. The molecule has 1 heterocycles. The number of nitrogens with one attached hydrogen (secondary N) is 2. The van der Waals surface area contributed by atoms with Gasteiger partial charge in [0.15, 0.2) is 0 Å². The zero-order valence-electron chi connectivity index (χ0n) is 20.8. The molecule has 4 rings (SSSR count). The number of likely N-dealkylation sites (tertiary alicyclic amines) is 1. The molecule has 174 valence electrons. The molecule has 2 aliphatic rings. The van der Waals surface area contributed by atoms with Crippen molar-refractivity contribution < 1.29 is 0 Å². The number of aryl methyl sites for hydroxylation is 2. The Kier molecular flexibility index (Phi) is 6.64. The van der Waals surface area contributed by atoms with Gasteiger partial charge in [0.1, 0.15) is 0 Å². The fourth-order valence-corrected chi connectivity index (χ4v) is 5.34. The molecule has 4 nitrogen and oxygen atoms in total. The Labute approximate surface area is 199 Å². The van der Waals surface area contributed by atoms with Gasteiger partial charge >= 0.3 is 0 Å². The summed E-state index contributed by atoms with van der Waals surface area (Å²) in [5, 5.41) is 7.49. The predicted molar refractivity (Wildman–Crippen MR) is 143 cm³/mol. The molecule has 1 saturated carbocycles. The van der Waals surface area contributed by atoms with Gasteiger partial charge in [0.05, 0.1) is 6.04 Å². The van der Waals surface area contributed by atoms with Crippen molar-refractivity contribution in [3.05, 3.63) is 78.0 Å². The van der Waals surface area contributed by atoms with Gasteiger partial charge in [-0.25, -0.2) is 4.99 Å². The van der Waals surface area contributed by atoms with Gasteiger partial charge in [0.25, 0.3) is 0 Å². The van der Waals surface area contributed by atoms with E-state index in [9.17, 15) is 0 Å². The minimum Gasteiger partial charge on any atom is -0.378 e. The Morgan fingerprint density at radius 2 is 1.94 bits per heavy atom. The van der Waals surface area contributed by atoms with E-state index in [-0.39, 0.29) is 6.04 Å². The number of hydrogen-bond acceptors (Lipinski definition) is 2. The summed E-state index contributed by atoms with van der Waals surface area (Å²) in [5.74, 6) is 3.39. The van der Waals surface area contributed by atoms with E-state index in [0.717, 1.165) is 65.7 Å². The van der Waals surface area contributed by atoms with Gasteiger partial charge in [0.2, 0.25) is 5.96 Å². The third-order valence-corrected chi connectivity index (χ3v) is 7.37. The summed E-state index contributed by atoms with van der Waals surface area (Å²) in [7, 11) is 0. The Balaban J connectivity index is 1.66. The SMILES string of the molecule is C=CN=C(Nc1c(CC)cc(C)cc1C(C)Nc1ccccc1C(=C)C)N1CC2C(C)C2C1. The standard InChI is InChI=1S/C29H38N4/c1-8-22-14-19(5)15-24(21(7)31-27-13-11-10-12-23(27)18(3)4)28(22)32-29(30-9-2)33-16-25-20(6)26(25)17-33/h9-15,20-21,25-26,31H,2-3,8,16-17H2,1,4-7H3,(H,30,32). The zero-order chi connectivity index (χ0) is 23.7. The van der Waals surface area contributed by atoms with E-state index in [1.807, 2.05) is 0 Å². The van der Waals surface area contributed by atoms with Crippen LogP contribution in [0.1, 0.15) is 56.0 Å². The molecule has 0 amide bonds. The molecule has 2 fully saturated rings. The Hall–Kier alpha value is -3.01. The first-order valence-electron chi connectivity index (χ1n) is 12.2. The number of rotatable bonds is 7. The summed E-state index contributed by atoms with van der Waals surface area (Å²) < 4.78 is 0. The molecule has 1 saturated heterocycles. The van der Waals surface area contributed by atoms with Crippen LogP contribution in [0.25, 0.3) is 5.57 Å². The first-order valence-corrected chi connectivity index (χ1v) is 12.2. The average Bonchev–Trinajstić information content (AvgIpc) is 3.19. The molecular weight excluding hydrogens is 404 g/mol. The summed E-state index contributed by atoms with van der Waals surface area (Å²) in [6.07, 6.45) is 2.61. The Morgan fingerprint density at radius 3 is 2.58 bits per heavy atom. The lowest BCUT2D eigenvalue weighted by Crippen LogP contribution is -2.37. The molecule has 33 heavy (non-hydrogen) atoms. The second-order valence-electron chi connectivity index (χ2n) is 9.79. The lowest BCUT2D eigenvalue weighted by Gasteiger charge is -2.28. The fraction of sp³-hybridized carbons (Fsp3) is 0.414. The highest BCUT2D eigenvalue weighted by Crippen LogP contribution is 2.51. The van der Waals surface area contributed by atoms with Crippen LogP contribution in [-0.4, -0.2) is 23.9 Å².